The Morgan fingerprint density at radius 3 is 2.90 bits per heavy atom. The van der Waals surface area contributed by atoms with Crippen molar-refractivity contribution in [3.63, 3.8) is 0 Å². The van der Waals surface area contributed by atoms with Crippen LogP contribution in [0.3, 0.4) is 0 Å². The van der Waals surface area contributed by atoms with Crippen LogP contribution in [0.2, 0.25) is 0 Å². The van der Waals surface area contributed by atoms with E-state index in [0.29, 0.717) is 24.5 Å². The lowest BCUT2D eigenvalue weighted by Gasteiger charge is -2.32. The Morgan fingerprint density at radius 2 is 2.24 bits per heavy atom. The fraction of sp³-hybridized carbons (Fsp3) is 0.500. The number of carbonyl (C=O) groups excluding carboxylic acids is 1. The molecule has 1 atom stereocenters. The van der Waals surface area contributed by atoms with Crippen molar-refractivity contribution in [2.45, 2.75) is 24.8 Å². The molecule has 5 nitrogen and oxygen atoms in total. The van der Waals surface area contributed by atoms with Gasteiger partial charge in [-0.25, -0.2) is 13.1 Å². The lowest BCUT2D eigenvalue weighted by Crippen LogP contribution is -2.49. The van der Waals surface area contributed by atoms with Gasteiger partial charge in [0.15, 0.2) is 0 Å². The highest BCUT2D eigenvalue weighted by Crippen LogP contribution is 2.16. The molecular weight excluding hydrogens is 312 g/mol. The van der Waals surface area contributed by atoms with Gasteiger partial charge in [-0.05, 0) is 30.5 Å². The Hall–Kier alpha value is -1.11. The molecule has 0 radical (unpaired) electrons. The first-order valence-corrected chi connectivity index (χ1v) is 9.23. The number of sulfonamides is 1. The first kappa shape index (κ1) is 16.3. The SMILES string of the molecule is CS(=O)(=O)NC1CCCN(C(=O)c2cccc(CCl)c2)C1. The van der Waals surface area contributed by atoms with Gasteiger partial charge in [-0.15, -0.1) is 11.6 Å². The zero-order chi connectivity index (χ0) is 15.5. The van der Waals surface area contributed by atoms with Gasteiger partial charge in [0.2, 0.25) is 10.0 Å². The predicted octanol–water partition coefficient (Wildman–Crippen LogP) is 1.58. The monoisotopic (exact) mass is 330 g/mol. The molecule has 2 rings (SSSR count). The molecule has 0 bridgehead atoms. The zero-order valence-corrected chi connectivity index (χ0v) is 13.5. The summed E-state index contributed by atoms with van der Waals surface area (Å²) in [6.07, 6.45) is 2.67. The number of nitrogens with zero attached hydrogens (tertiary/aromatic N) is 1. The van der Waals surface area contributed by atoms with E-state index in [9.17, 15) is 13.2 Å². The standard InChI is InChI=1S/C14H19ClN2O3S/c1-21(19,20)16-13-6-3-7-17(10-13)14(18)12-5-2-4-11(8-12)9-15/h2,4-5,8,13,16H,3,6-7,9-10H2,1H3. The topological polar surface area (TPSA) is 66.5 Å². The van der Waals surface area contributed by atoms with Crippen LogP contribution in [-0.2, 0) is 15.9 Å². The van der Waals surface area contributed by atoms with Crippen molar-refractivity contribution in [1.29, 1.82) is 0 Å². The highest BCUT2D eigenvalue weighted by Gasteiger charge is 2.26. The molecule has 0 saturated carbocycles. The van der Waals surface area contributed by atoms with Crippen molar-refractivity contribution >= 4 is 27.5 Å². The molecule has 1 aromatic carbocycles. The Morgan fingerprint density at radius 1 is 1.48 bits per heavy atom. The maximum absolute atomic E-state index is 12.5. The quantitative estimate of drug-likeness (QED) is 0.852. The fourth-order valence-corrected chi connectivity index (χ4v) is 3.49. The predicted molar refractivity (Wildman–Crippen MR) is 82.9 cm³/mol. The number of piperidine rings is 1. The third-order valence-electron chi connectivity index (χ3n) is 3.42. The second kappa shape index (κ2) is 6.77. The summed E-state index contributed by atoms with van der Waals surface area (Å²) < 4.78 is 25.2. The number of nitrogens with one attached hydrogen (secondary N) is 1. The van der Waals surface area contributed by atoms with Crippen LogP contribution in [0, 0.1) is 0 Å². The van der Waals surface area contributed by atoms with Gasteiger partial charge < -0.3 is 4.90 Å². The Balaban J connectivity index is 2.08. The molecule has 1 aliphatic rings. The number of hydrogen-bond donors (Lipinski definition) is 1. The minimum atomic E-state index is -3.25. The summed E-state index contributed by atoms with van der Waals surface area (Å²) in [4.78, 5) is 14.2. The van der Waals surface area contributed by atoms with E-state index in [1.165, 1.54) is 0 Å². The molecule has 1 heterocycles. The Kier molecular flexibility index (Phi) is 5.24. The summed E-state index contributed by atoms with van der Waals surface area (Å²) in [6, 6.07) is 7.00. The highest BCUT2D eigenvalue weighted by molar-refractivity contribution is 7.88. The van der Waals surface area contributed by atoms with Gasteiger partial charge in [0.1, 0.15) is 0 Å². The first-order chi connectivity index (χ1) is 9.89. The van der Waals surface area contributed by atoms with Crippen molar-refractivity contribution in [2.75, 3.05) is 19.3 Å². The van der Waals surface area contributed by atoms with E-state index in [2.05, 4.69) is 4.72 Å². The number of rotatable bonds is 4. The van der Waals surface area contributed by atoms with Crippen LogP contribution >= 0.6 is 11.6 Å². The number of amides is 1. The lowest BCUT2D eigenvalue weighted by molar-refractivity contribution is 0.0703. The maximum atomic E-state index is 12.5. The van der Waals surface area contributed by atoms with Gasteiger partial charge in [0.05, 0.1) is 6.26 Å². The van der Waals surface area contributed by atoms with Gasteiger partial charge in [0.25, 0.3) is 5.91 Å². The molecule has 21 heavy (non-hydrogen) atoms. The highest BCUT2D eigenvalue weighted by atomic mass is 35.5. The van der Waals surface area contributed by atoms with Crippen LogP contribution < -0.4 is 4.72 Å². The van der Waals surface area contributed by atoms with Crippen molar-refractivity contribution in [3.05, 3.63) is 35.4 Å². The number of alkyl halides is 1. The van der Waals surface area contributed by atoms with E-state index >= 15 is 0 Å². The van der Waals surface area contributed by atoms with Crippen molar-refractivity contribution in [3.8, 4) is 0 Å². The van der Waals surface area contributed by atoms with Crippen molar-refractivity contribution in [1.82, 2.24) is 9.62 Å². The van der Waals surface area contributed by atoms with Crippen LogP contribution in [0.1, 0.15) is 28.8 Å². The molecule has 0 spiro atoms. The largest absolute Gasteiger partial charge is 0.337 e. The summed E-state index contributed by atoms with van der Waals surface area (Å²) in [5, 5.41) is 0. The van der Waals surface area contributed by atoms with Gasteiger partial charge in [-0.2, -0.15) is 0 Å². The molecule has 1 N–H and O–H groups in total. The zero-order valence-electron chi connectivity index (χ0n) is 11.9. The van der Waals surface area contributed by atoms with E-state index < -0.39 is 10.0 Å². The molecule has 7 heteroatoms. The van der Waals surface area contributed by atoms with Gasteiger partial charge >= 0.3 is 0 Å². The van der Waals surface area contributed by atoms with Crippen LogP contribution in [0.4, 0.5) is 0 Å². The van der Waals surface area contributed by atoms with E-state index in [0.717, 1.165) is 24.7 Å². The number of likely N-dealkylation sites (tertiary alicyclic amines) is 1. The molecule has 1 fully saturated rings. The van der Waals surface area contributed by atoms with Crippen LogP contribution in [0.25, 0.3) is 0 Å². The fourth-order valence-electron chi connectivity index (χ4n) is 2.53. The van der Waals surface area contributed by atoms with Gasteiger partial charge in [-0.1, -0.05) is 12.1 Å². The lowest BCUT2D eigenvalue weighted by atomic mass is 10.0. The normalized spacial score (nSPS) is 19.5. The van der Waals surface area contributed by atoms with E-state index in [4.69, 9.17) is 11.6 Å². The molecule has 1 aliphatic heterocycles. The molecule has 1 saturated heterocycles. The summed E-state index contributed by atoms with van der Waals surface area (Å²) in [6.45, 7) is 1.04. The smallest absolute Gasteiger partial charge is 0.253 e. The van der Waals surface area contributed by atoms with Crippen molar-refractivity contribution < 1.29 is 13.2 Å². The van der Waals surface area contributed by atoms with Gasteiger partial charge in [-0.3, -0.25) is 4.79 Å². The molecule has 1 amide bonds. The number of carbonyl (C=O) groups is 1. The molecule has 116 valence electrons. The van der Waals surface area contributed by atoms with E-state index in [-0.39, 0.29) is 11.9 Å². The van der Waals surface area contributed by atoms with Gasteiger partial charge in [0, 0.05) is 30.6 Å². The molecule has 0 aliphatic carbocycles. The van der Waals surface area contributed by atoms with E-state index in [1.54, 1.807) is 23.1 Å². The van der Waals surface area contributed by atoms with Crippen LogP contribution in [0.5, 0.6) is 0 Å². The summed E-state index contributed by atoms with van der Waals surface area (Å²) >= 11 is 5.78. The third-order valence-corrected chi connectivity index (χ3v) is 4.49. The Bertz CT molecular complexity index is 618. The summed E-state index contributed by atoms with van der Waals surface area (Å²) in [5.74, 6) is 0.279. The second-order valence-electron chi connectivity index (χ2n) is 5.31. The molecule has 1 unspecified atom stereocenters. The number of benzene rings is 1. The average molecular weight is 331 g/mol. The second-order valence-corrected chi connectivity index (χ2v) is 7.36. The van der Waals surface area contributed by atoms with Crippen molar-refractivity contribution in [2.24, 2.45) is 0 Å². The minimum absolute atomic E-state index is 0.0815. The Labute approximate surface area is 130 Å². The third kappa shape index (κ3) is 4.69. The molecular formula is C14H19ClN2O3S. The van der Waals surface area contributed by atoms with Crippen LogP contribution in [0.15, 0.2) is 24.3 Å². The number of hydrogen-bond acceptors (Lipinski definition) is 3. The average Bonchev–Trinajstić information content (AvgIpc) is 2.45. The summed E-state index contributed by atoms with van der Waals surface area (Å²) in [5.41, 5.74) is 1.48. The van der Waals surface area contributed by atoms with E-state index in [1.807, 2.05) is 6.07 Å². The summed E-state index contributed by atoms with van der Waals surface area (Å²) in [7, 11) is -3.25. The number of halogens is 1. The molecule has 0 aromatic heterocycles. The first-order valence-electron chi connectivity index (χ1n) is 6.80. The maximum Gasteiger partial charge on any atom is 0.253 e. The molecule has 1 aromatic rings. The van der Waals surface area contributed by atoms with Crippen LogP contribution in [-0.4, -0.2) is 44.6 Å². The minimum Gasteiger partial charge on any atom is -0.337 e.